The maximum Gasteiger partial charge on any atom is 0.222 e. The Morgan fingerprint density at radius 2 is 2.17 bits per heavy atom. The van der Waals surface area contributed by atoms with Gasteiger partial charge in [0, 0.05) is 13.0 Å². The van der Waals surface area contributed by atoms with Crippen LogP contribution in [0.5, 0.6) is 0 Å². The molecule has 18 heavy (non-hydrogen) atoms. The fraction of sp³-hybridized carbons (Fsp3) is 0.923. The van der Waals surface area contributed by atoms with E-state index in [-0.39, 0.29) is 18.1 Å². The third kappa shape index (κ3) is 4.23. The minimum absolute atomic E-state index is 0.0753. The summed E-state index contributed by atoms with van der Waals surface area (Å²) in [6.07, 6.45) is 3.94. The number of rotatable bonds is 5. The van der Waals surface area contributed by atoms with Gasteiger partial charge in [0.1, 0.15) is 0 Å². The summed E-state index contributed by atoms with van der Waals surface area (Å²) in [7, 11) is 0. The molecule has 2 atom stereocenters. The van der Waals surface area contributed by atoms with Crippen LogP contribution < -0.4 is 10.6 Å². The second-order valence-corrected chi connectivity index (χ2v) is 5.11. The van der Waals surface area contributed by atoms with Crippen LogP contribution in [0.1, 0.15) is 32.6 Å². The van der Waals surface area contributed by atoms with Gasteiger partial charge >= 0.3 is 0 Å². The summed E-state index contributed by atoms with van der Waals surface area (Å²) < 4.78 is 11.1. The molecule has 2 aliphatic heterocycles. The molecular weight excluding hydrogens is 232 g/mol. The SMILES string of the molecule is CC1OCCC1NC(=O)CCOC1CCNCC1. The van der Waals surface area contributed by atoms with E-state index in [1.165, 1.54) is 0 Å². The first-order chi connectivity index (χ1) is 8.75. The van der Waals surface area contributed by atoms with E-state index in [1.807, 2.05) is 6.92 Å². The molecule has 2 fully saturated rings. The van der Waals surface area contributed by atoms with Crippen molar-refractivity contribution in [2.24, 2.45) is 0 Å². The minimum atomic E-state index is 0.0753. The highest BCUT2D eigenvalue weighted by molar-refractivity contribution is 5.76. The second-order valence-electron chi connectivity index (χ2n) is 5.11. The Hall–Kier alpha value is -0.650. The maximum absolute atomic E-state index is 11.7. The first-order valence-electron chi connectivity index (χ1n) is 6.99. The third-order valence-corrected chi connectivity index (χ3v) is 3.69. The van der Waals surface area contributed by atoms with Crippen molar-refractivity contribution in [3.63, 3.8) is 0 Å². The van der Waals surface area contributed by atoms with E-state index in [1.54, 1.807) is 0 Å². The quantitative estimate of drug-likeness (QED) is 0.749. The van der Waals surface area contributed by atoms with Crippen molar-refractivity contribution in [2.75, 3.05) is 26.3 Å². The summed E-state index contributed by atoms with van der Waals surface area (Å²) in [6.45, 7) is 5.32. The lowest BCUT2D eigenvalue weighted by molar-refractivity contribution is -0.123. The Morgan fingerprint density at radius 3 is 2.83 bits per heavy atom. The molecule has 2 N–H and O–H groups in total. The van der Waals surface area contributed by atoms with E-state index in [0.29, 0.717) is 19.1 Å². The van der Waals surface area contributed by atoms with E-state index in [4.69, 9.17) is 9.47 Å². The van der Waals surface area contributed by atoms with Gasteiger partial charge in [-0.25, -0.2) is 0 Å². The number of piperidine rings is 1. The zero-order valence-electron chi connectivity index (χ0n) is 11.1. The van der Waals surface area contributed by atoms with Gasteiger partial charge in [0.05, 0.1) is 24.9 Å². The minimum Gasteiger partial charge on any atom is -0.378 e. The first kappa shape index (κ1) is 13.8. The molecule has 0 aromatic rings. The molecular formula is C13H24N2O3. The highest BCUT2D eigenvalue weighted by Gasteiger charge is 2.25. The smallest absolute Gasteiger partial charge is 0.222 e. The molecule has 0 aliphatic carbocycles. The topological polar surface area (TPSA) is 59.6 Å². The molecule has 2 aliphatic rings. The van der Waals surface area contributed by atoms with Crippen LogP contribution in [0.15, 0.2) is 0 Å². The van der Waals surface area contributed by atoms with Crippen molar-refractivity contribution in [2.45, 2.75) is 50.9 Å². The van der Waals surface area contributed by atoms with E-state index < -0.39 is 0 Å². The monoisotopic (exact) mass is 256 g/mol. The van der Waals surface area contributed by atoms with Gasteiger partial charge < -0.3 is 20.1 Å². The van der Waals surface area contributed by atoms with Gasteiger partial charge in [0.2, 0.25) is 5.91 Å². The summed E-state index contributed by atoms with van der Waals surface area (Å²) in [5, 5.41) is 6.30. The van der Waals surface area contributed by atoms with Crippen LogP contribution in [-0.4, -0.2) is 50.5 Å². The number of nitrogens with one attached hydrogen (secondary N) is 2. The number of amides is 1. The fourth-order valence-electron chi connectivity index (χ4n) is 2.48. The van der Waals surface area contributed by atoms with E-state index in [0.717, 1.165) is 39.0 Å². The van der Waals surface area contributed by atoms with Crippen LogP contribution in [0.2, 0.25) is 0 Å². The summed E-state index contributed by atoms with van der Waals surface area (Å²) in [5.41, 5.74) is 0. The van der Waals surface area contributed by atoms with Crippen LogP contribution >= 0.6 is 0 Å². The van der Waals surface area contributed by atoms with Gasteiger partial charge in [0.25, 0.3) is 0 Å². The Kier molecular flexibility index (Phi) is 5.41. The molecule has 104 valence electrons. The first-order valence-corrected chi connectivity index (χ1v) is 6.99. The highest BCUT2D eigenvalue weighted by atomic mass is 16.5. The Labute approximate surface area is 109 Å². The maximum atomic E-state index is 11.7. The molecule has 2 heterocycles. The Morgan fingerprint density at radius 1 is 1.39 bits per heavy atom. The van der Waals surface area contributed by atoms with Gasteiger partial charge in [-0.05, 0) is 39.3 Å². The van der Waals surface area contributed by atoms with Gasteiger partial charge in [-0.1, -0.05) is 0 Å². The molecule has 2 unspecified atom stereocenters. The predicted octanol–water partition coefficient (Wildman–Crippen LogP) is 0.439. The van der Waals surface area contributed by atoms with E-state index >= 15 is 0 Å². The molecule has 0 saturated carbocycles. The van der Waals surface area contributed by atoms with Crippen molar-refractivity contribution in [1.29, 1.82) is 0 Å². The molecule has 0 bridgehead atoms. The van der Waals surface area contributed by atoms with Crippen LogP contribution in [0.25, 0.3) is 0 Å². The predicted molar refractivity (Wildman–Crippen MR) is 68.4 cm³/mol. The lowest BCUT2D eigenvalue weighted by Gasteiger charge is -2.23. The van der Waals surface area contributed by atoms with Crippen molar-refractivity contribution in [1.82, 2.24) is 10.6 Å². The molecule has 1 amide bonds. The highest BCUT2D eigenvalue weighted by Crippen LogP contribution is 2.12. The average molecular weight is 256 g/mol. The van der Waals surface area contributed by atoms with Crippen LogP contribution in [0, 0.1) is 0 Å². The third-order valence-electron chi connectivity index (χ3n) is 3.69. The number of hydrogen-bond donors (Lipinski definition) is 2. The van der Waals surface area contributed by atoms with E-state index in [9.17, 15) is 4.79 Å². The Bertz CT molecular complexity index is 267. The van der Waals surface area contributed by atoms with E-state index in [2.05, 4.69) is 10.6 Å². The lowest BCUT2D eigenvalue weighted by Crippen LogP contribution is -2.40. The number of carbonyl (C=O) groups excluding carboxylic acids is 1. The van der Waals surface area contributed by atoms with Crippen molar-refractivity contribution >= 4 is 5.91 Å². The normalized spacial score (nSPS) is 29.4. The summed E-state index contributed by atoms with van der Waals surface area (Å²) in [6, 6.07) is 0.177. The zero-order chi connectivity index (χ0) is 12.8. The summed E-state index contributed by atoms with van der Waals surface area (Å²) >= 11 is 0. The van der Waals surface area contributed by atoms with Gasteiger partial charge in [-0.2, -0.15) is 0 Å². The molecule has 2 rings (SSSR count). The zero-order valence-corrected chi connectivity index (χ0v) is 11.1. The molecule has 2 saturated heterocycles. The van der Waals surface area contributed by atoms with Gasteiger partial charge in [-0.15, -0.1) is 0 Å². The number of ether oxygens (including phenoxy) is 2. The lowest BCUT2D eigenvalue weighted by atomic mass is 10.1. The molecule has 0 aromatic carbocycles. The molecule has 5 heteroatoms. The molecule has 0 aromatic heterocycles. The van der Waals surface area contributed by atoms with Crippen molar-refractivity contribution < 1.29 is 14.3 Å². The van der Waals surface area contributed by atoms with Crippen LogP contribution in [-0.2, 0) is 14.3 Å². The fourth-order valence-corrected chi connectivity index (χ4v) is 2.48. The number of carbonyl (C=O) groups is 1. The molecule has 0 radical (unpaired) electrons. The summed E-state index contributed by atoms with van der Waals surface area (Å²) in [4.78, 5) is 11.7. The summed E-state index contributed by atoms with van der Waals surface area (Å²) in [5.74, 6) is 0.0753. The standard InChI is InChI=1S/C13H24N2O3/c1-10-12(4-8-17-10)15-13(16)5-9-18-11-2-6-14-7-3-11/h10-12,14H,2-9H2,1H3,(H,15,16). The van der Waals surface area contributed by atoms with Crippen molar-refractivity contribution in [3.8, 4) is 0 Å². The second kappa shape index (κ2) is 7.07. The van der Waals surface area contributed by atoms with Crippen LogP contribution in [0.3, 0.4) is 0 Å². The van der Waals surface area contributed by atoms with Gasteiger partial charge in [-0.3, -0.25) is 4.79 Å². The largest absolute Gasteiger partial charge is 0.378 e. The number of hydrogen-bond acceptors (Lipinski definition) is 4. The van der Waals surface area contributed by atoms with Crippen LogP contribution in [0.4, 0.5) is 0 Å². The van der Waals surface area contributed by atoms with Gasteiger partial charge in [0.15, 0.2) is 0 Å². The molecule has 5 nitrogen and oxygen atoms in total. The molecule has 0 spiro atoms. The van der Waals surface area contributed by atoms with Crippen molar-refractivity contribution in [3.05, 3.63) is 0 Å². The Balaban J connectivity index is 1.56. The average Bonchev–Trinajstić information content (AvgIpc) is 2.76.